The van der Waals surface area contributed by atoms with Crippen molar-refractivity contribution in [1.29, 1.82) is 0 Å². The van der Waals surface area contributed by atoms with Crippen molar-refractivity contribution in [3.8, 4) is 0 Å². The number of rotatable bonds is 6. The van der Waals surface area contributed by atoms with Gasteiger partial charge in [0.05, 0.1) is 0 Å². The summed E-state index contributed by atoms with van der Waals surface area (Å²) in [5.41, 5.74) is 0.950. The molecule has 1 aromatic carbocycles. The van der Waals surface area contributed by atoms with Gasteiger partial charge in [0.1, 0.15) is 5.82 Å². The average molecular weight is 374 g/mol. The highest BCUT2D eigenvalue weighted by atomic mass is 19.1. The Morgan fingerprint density at radius 2 is 1.81 bits per heavy atom. The second-order valence-electron chi connectivity index (χ2n) is 7.84. The van der Waals surface area contributed by atoms with E-state index in [1.54, 1.807) is 12.1 Å². The van der Waals surface area contributed by atoms with Crippen LogP contribution in [0.2, 0.25) is 0 Å². The molecule has 0 spiro atoms. The molecule has 3 rings (SSSR count). The van der Waals surface area contributed by atoms with Gasteiger partial charge in [-0.25, -0.2) is 9.18 Å². The van der Waals surface area contributed by atoms with Gasteiger partial charge in [0, 0.05) is 19.1 Å². The summed E-state index contributed by atoms with van der Waals surface area (Å²) in [4.78, 5) is 14.8. The summed E-state index contributed by atoms with van der Waals surface area (Å²) >= 11 is 0. The lowest BCUT2D eigenvalue weighted by molar-refractivity contribution is 0.180. The number of carbonyl (C=O) groups is 1. The first-order valence-corrected chi connectivity index (χ1v) is 10.4. The summed E-state index contributed by atoms with van der Waals surface area (Å²) in [7, 11) is 0. The Morgan fingerprint density at radius 1 is 1.11 bits per heavy atom. The summed E-state index contributed by atoms with van der Waals surface area (Å²) in [5.74, 6) is 0.328. The zero-order valence-corrected chi connectivity index (χ0v) is 16.1. The molecular formula is C22H32FN3O. The summed E-state index contributed by atoms with van der Waals surface area (Å²) < 4.78 is 13.0. The number of hydrogen-bond donors (Lipinski definition) is 2. The van der Waals surface area contributed by atoms with Crippen LogP contribution < -0.4 is 10.6 Å². The lowest BCUT2D eigenvalue weighted by Crippen LogP contribution is -2.48. The molecule has 1 saturated carbocycles. The Hall–Kier alpha value is -1.88. The number of nitrogens with one attached hydrogen (secondary N) is 2. The van der Waals surface area contributed by atoms with Crippen molar-refractivity contribution in [3.05, 3.63) is 41.7 Å². The molecule has 1 heterocycles. The highest BCUT2D eigenvalue weighted by Crippen LogP contribution is 2.19. The molecule has 1 saturated heterocycles. The minimum Gasteiger partial charge on any atom is -0.335 e. The molecule has 1 aliphatic carbocycles. The average Bonchev–Trinajstić information content (AvgIpc) is 2.70. The summed E-state index contributed by atoms with van der Waals surface area (Å²) in [6.45, 7) is 3.45. The number of carbonyl (C=O) groups excluding carboxylic acids is 1. The van der Waals surface area contributed by atoms with Crippen molar-refractivity contribution in [2.24, 2.45) is 5.92 Å². The third-order valence-electron chi connectivity index (χ3n) is 5.66. The van der Waals surface area contributed by atoms with Crippen LogP contribution in [-0.4, -0.2) is 43.2 Å². The molecule has 27 heavy (non-hydrogen) atoms. The molecule has 2 amide bonds. The SMILES string of the molecule is O=C(NC1CCCCC1)N(CC=Cc1ccc(F)cc1)CC1CCNCC1. The number of benzene rings is 1. The van der Waals surface area contributed by atoms with E-state index in [0.717, 1.165) is 50.9 Å². The van der Waals surface area contributed by atoms with Gasteiger partial charge < -0.3 is 15.5 Å². The van der Waals surface area contributed by atoms with Crippen LogP contribution in [0.5, 0.6) is 0 Å². The molecule has 148 valence electrons. The van der Waals surface area contributed by atoms with Gasteiger partial charge in [-0.1, -0.05) is 43.5 Å². The van der Waals surface area contributed by atoms with Gasteiger partial charge in [-0.2, -0.15) is 0 Å². The smallest absolute Gasteiger partial charge is 0.317 e. The number of halogens is 1. The van der Waals surface area contributed by atoms with E-state index in [9.17, 15) is 9.18 Å². The molecule has 0 atom stereocenters. The molecule has 2 aliphatic rings. The molecular weight excluding hydrogens is 341 g/mol. The fourth-order valence-corrected chi connectivity index (χ4v) is 4.02. The first-order chi connectivity index (χ1) is 13.2. The van der Waals surface area contributed by atoms with Crippen LogP contribution in [0.3, 0.4) is 0 Å². The number of amides is 2. The van der Waals surface area contributed by atoms with Crippen LogP contribution >= 0.6 is 0 Å². The Kier molecular flexibility index (Phi) is 7.69. The van der Waals surface area contributed by atoms with Crippen LogP contribution in [0.15, 0.2) is 30.3 Å². The lowest BCUT2D eigenvalue weighted by atomic mass is 9.95. The molecule has 0 bridgehead atoms. The third kappa shape index (κ3) is 6.65. The number of nitrogens with zero attached hydrogens (tertiary/aromatic N) is 1. The standard InChI is InChI=1S/C22H32FN3O/c23-20-10-8-18(9-11-20)5-4-16-26(17-19-12-14-24-15-13-19)22(27)25-21-6-2-1-3-7-21/h4-5,8-11,19,21,24H,1-3,6-7,12-17H2,(H,25,27). The van der Waals surface area contributed by atoms with Gasteiger partial charge in [0.25, 0.3) is 0 Å². The molecule has 1 aliphatic heterocycles. The maximum atomic E-state index is 13.0. The molecule has 0 radical (unpaired) electrons. The van der Waals surface area contributed by atoms with Crippen molar-refractivity contribution >= 4 is 12.1 Å². The second-order valence-corrected chi connectivity index (χ2v) is 7.84. The predicted octanol–water partition coefficient (Wildman–Crippen LogP) is 4.18. The monoisotopic (exact) mass is 373 g/mol. The summed E-state index contributed by atoms with van der Waals surface area (Å²) in [6, 6.07) is 6.81. The van der Waals surface area contributed by atoms with E-state index >= 15 is 0 Å². The van der Waals surface area contributed by atoms with E-state index in [1.807, 2.05) is 17.1 Å². The summed E-state index contributed by atoms with van der Waals surface area (Å²) in [6.07, 6.45) is 12.1. The number of hydrogen-bond acceptors (Lipinski definition) is 2. The zero-order valence-electron chi connectivity index (χ0n) is 16.1. The minimum absolute atomic E-state index is 0.0594. The molecule has 0 unspecified atom stereocenters. The Morgan fingerprint density at radius 3 is 2.52 bits per heavy atom. The highest BCUT2D eigenvalue weighted by Gasteiger charge is 2.22. The molecule has 4 nitrogen and oxygen atoms in total. The van der Waals surface area contributed by atoms with Crippen molar-refractivity contribution in [1.82, 2.24) is 15.5 Å². The quantitative estimate of drug-likeness (QED) is 0.786. The van der Waals surface area contributed by atoms with E-state index in [4.69, 9.17) is 0 Å². The van der Waals surface area contributed by atoms with Gasteiger partial charge in [0.15, 0.2) is 0 Å². The van der Waals surface area contributed by atoms with E-state index in [-0.39, 0.29) is 11.8 Å². The minimum atomic E-state index is -0.230. The van der Waals surface area contributed by atoms with Crippen molar-refractivity contribution in [2.75, 3.05) is 26.2 Å². The van der Waals surface area contributed by atoms with E-state index in [2.05, 4.69) is 10.6 Å². The normalized spacial score (nSPS) is 19.3. The van der Waals surface area contributed by atoms with Crippen molar-refractivity contribution < 1.29 is 9.18 Å². The van der Waals surface area contributed by atoms with Gasteiger partial charge in [-0.05, 0) is 62.4 Å². The van der Waals surface area contributed by atoms with Crippen LogP contribution in [-0.2, 0) is 0 Å². The molecule has 2 N–H and O–H groups in total. The van der Waals surface area contributed by atoms with E-state index in [0.29, 0.717) is 18.5 Å². The maximum Gasteiger partial charge on any atom is 0.317 e. The second kappa shape index (κ2) is 10.5. The van der Waals surface area contributed by atoms with E-state index < -0.39 is 0 Å². The Bertz CT molecular complexity index is 604. The molecule has 2 fully saturated rings. The number of urea groups is 1. The van der Waals surface area contributed by atoms with E-state index in [1.165, 1.54) is 31.4 Å². The fourth-order valence-electron chi connectivity index (χ4n) is 4.02. The lowest BCUT2D eigenvalue weighted by Gasteiger charge is -2.32. The largest absolute Gasteiger partial charge is 0.335 e. The molecule has 1 aromatic rings. The molecule has 0 aromatic heterocycles. The van der Waals surface area contributed by atoms with Crippen LogP contribution in [0.4, 0.5) is 9.18 Å². The molecule has 5 heteroatoms. The van der Waals surface area contributed by atoms with Gasteiger partial charge >= 0.3 is 6.03 Å². The van der Waals surface area contributed by atoms with Crippen molar-refractivity contribution in [2.45, 2.75) is 51.0 Å². The van der Waals surface area contributed by atoms with Crippen molar-refractivity contribution in [3.63, 3.8) is 0 Å². The first kappa shape index (κ1) is 19.9. The summed E-state index contributed by atoms with van der Waals surface area (Å²) in [5, 5.41) is 6.64. The van der Waals surface area contributed by atoms with Gasteiger partial charge in [-0.3, -0.25) is 0 Å². The van der Waals surface area contributed by atoms with Crippen LogP contribution in [0, 0.1) is 11.7 Å². The zero-order chi connectivity index (χ0) is 18.9. The predicted molar refractivity (Wildman–Crippen MR) is 108 cm³/mol. The van der Waals surface area contributed by atoms with Crippen LogP contribution in [0.1, 0.15) is 50.5 Å². The third-order valence-corrected chi connectivity index (χ3v) is 5.66. The first-order valence-electron chi connectivity index (χ1n) is 10.4. The topological polar surface area (TPSA) is 44.4 Å². The number of piperidine rings is 1. The van der Waals surface area contributed by atoms with Gasteiger partial charge in [-0.15, -0.1) is 0 Å². The highest BCUT2D eigenvalue weighted by molar-refractivity contribution is 5.75. The van der Waals surface area contributed by atoms with Gasteiger partial charge in [0.2, 0.25) is 0 Å². The Balaban J connectivity index is 1.58. The maximum absolute atomic E-state index is 13.0. The fraction of sp³-hybridized carbons (Fsp3) is 0.591. The Labute approximate surface area is 162 Å². The van der Waals surface area contributed by atoms with Crippen LogP contribution in [0.25, 0.3) is 6.08 Å².